The van der Waals surface area contributed by atoms with Gasteiger partial charge in [0.05, 0.1) is 12.6 Å². The molecule has 1 rings (SSSR count). The molecule has 1 aliphatic rings. The van der Waals surface area contributed by atoms with Crippen molar-refractivity contribution in [2.24, 2.45) is 10.8 Å². The molecule has 106 valence electrons. The number of hydrogen-bond acceptors (Lipinski definition) is 4. The summed E-state index contributed by atoms with van der Waals surface area (Å²) in [5, 5.41) is 0. The van der Waals surface area contributed by atoms with Crippen molar-refractivity contribution in [1.29, 1.82) is 0 Å². The Morgan fingerprint density at radius 3 is 2.89 bits per heavy atom. The third-order valence-electron chi connectivity index (χ3n) is 3.02. The number of rotatable bonds is 3. The second kappa shape index (κ2) is 7.21. The molecule has 0 aromatic carbocycles. The third kappa shape index (κ3) is 5.04. The van der Waals surface area contributed by atoms with Gasteiger partial charge in [0, 0.05) is 30.7 Å². The normalized spacial score (nSPS) is 22.5. The van der Waals surface area contributed by atoms with Crippen LogP contribution in [0.5, 0.6) is 0 Å². The molecule has 0 spiro atoms. The Morgan fingerprint density at radius 2 is 2.28 bits per heavy atom. The summed E-state index contributed by atoms with van der Waals surface area (Å²) in [6.45, 7) is 9.19. The van der Waals surface area contributed by atoms with Crippen LogP contribution in [0.25, 0.3) is 0 Å². The van der Waals surface area contributed by atoms with E-state index in [4.69, 9.17) is 10.6 Å². The van der Waals surface area contributed by atoms with Gasteiger partial charge in [-0.1, -0.05) is 13.8 Å². The standard InChI is InChI=1S/C12H26N4OS/c1-10(9-17-4)14-11(15-13)16-6-5-12(2,3)18-8-7-16/h10H,5-9,13H2,1-4H3,(H,14,15). The van der Waals surface area contributed by atoms with Gasteiger partial charge in [-0.25, -0.2) is 10.8 Å². The van der Waals surface area contributed by atoms with E-state index in [1.165, 1.54) is 0 Å². The Balaban J connectivity index is 2.64. The first-order valence-corrected chi connectivity index (χ1v) is 7.39. The minimum Gasteiger partial charge on any atom is -0.382 e. The van der Waals surface area contributed by atoms with Gasteiger partial charge >= 0.3 is 0 Å². The summed E-state index contributed by atoms with van der Waals surface area (Å²) >= 11 is 2.01. The first-order chi connectivity index (χ1) is 8.48. The minimum absolute atomic E-state index is 0.116. The van der Waals surface area contributed by atoms with Crippen LogP contribution in [0.2, 0.25) is 0 Å². The smallest absolute Gasteiger partial charge is 0.208 e. The maximum absolute atomic E-state index is 5.60. The Hall–Kier alpha value is -0.460. The summed E-state index contributed by atoms with van der Waals surface area (Å²) in [6, 6.07) is 0.116. The number of thioether (sulfide) groups is 1. The molecule has 0 aromatic heterocycles. The summed E-state index contributed by atoms with van der Waals surface area (Å²) in [5.74, 6) is 7.48. The highest BCUT2D eigenvalue weighted by molar-refractivity contribution is 8.00. The summed E-state index contributed by atoms with van der Waals surface area (Å²) in [6.07, 6.45) is 1.14. The van der Waals surface area contributed by atoms with E-state index in [-0.39, 0.29) is 6.04 Å². The molecule has 1 unspecified atom stereocenters. The quantitative estimate of drug-likeness (QED) is 0.349. The van der Waals surface area contributed by atoms with Gasteiger partial charge in [-0.3, -0.25) is 5.43 Å². The van der Waals surface area contributed by atoms with E-state index < -0.39 is 0 Å². The molecule has 6 heteroatoms. The van der Waals surface area contributed by atoms with Crippen LogP contribution in [0.3, 0.4) is 0 Å². The molecule has 1 fully saturated rings. The van der Waals surface area contributed by atoms with Crippen molar-refractivity contribution in [1.82, 2.24) is 10.3 Å². The van der Waals surface area contributed by atoms with Crippen LogP contribution in [0.15, 0.2) is 4.99 Å². The lowest BCUT2D eigenvalue weighted by Gasteiger charge is -2.25. The predicted molar refractivity (Wildman–Crippen MR) is 78.8 cm³/mol. The van der Waals surface area contributed by atoms with Crippen molar-refractivity contribution < 1.29 is 4.74 Å². The number of nitrogens with zero attached hydrogens (tertiary/aromatic N) is 2. The molecule has 1 aliphatic heterocycles. The molecule has 1 saturated heterocycles. The topological polar surface area (TPSA) is 62.9 Å². The van der Waals surface area contributed by atoms with Crippen LogP contribution in [0.4, 0.5) is 0 Å². The fourth-order valence-corrected chi connectivity index (χ4v) is 3.03. The van der Waals surface area contributed by atoms with Crippen LogP contribution in [0, 0.1) is 0 Å². The van der Waals surface area contributed by atoms with E-state index in [0.717, 1.165) is 31.2 Å². The molecule has 0 bridgehead atoms. The fraction of sp³-hybridized carbons (Fsp3) is 0.917. The molecule has 3 N–H and O–H groups in total. The van der Waals surface area contributed by atoms with Gasteiger partial charge in [0.2, 0.25) is 5.96 Å². The third-order valence-corrected chi connectivity index (χ3v) is 4.39. The van der Waals surface area contributed by atoms with Gasteiger partial charge in [-0.15, -0.1) is 0 Å². The average molecular weight is 274 g/mol. The molecule has 0 aliphatic carbocycles. The molecule has 0 radical (unpaired) electrons. The Morgan fingerprint density at radius 1 is 1.56 bits per heavy atom. The second-order valence-electron chi connectivity index (χ2n) is 5.25. The monoisotopic (exact) mass is 274 g/mol. The number of aliphatic imine (C=N–C) groups is 1. The molecule has 18 heavy (non-hydrogen) atoms. The van der Waals surface area contributed by atoms with Crippen molar-refractivity contribution in [2.45, 2.75) is 38.0 Å². The van der Waals surface area contributed by atoms with E-state index in [9.17, 15) is 0 Å². The lowest BCUT2D eigenvalue weighted by Crippen LogP contribution is -2.46. The minimum atomic E-state index is 0.116. The van der Waals surface area contributed by atoms with Crippen LogP contribution >= 0.6 is 11.8 Å². The predicted octanol–water partition coefficient (Wildman–Crippen LogP) is 1.06. The molecule has 0 saturated carbocycles. The molecule has 1 heterocycles. The number of methoxy groups -OCH3 is 1. The van der Waals surface area contributed by atoms with E-state index >= 15 is 0 Å². The molecular weight excluding hydrogens is 248 g/mol. The van der Waals surface area contributed by atoms with Crippen molar-refractivity contribution in [3.8, 4) is 0 Å². The number of nitrogens with one attached hydrogen (secondary N) is 1. The van der Waals surface area contributed by atoms with Gasteiger partial charge in [-0.05, 0) is 13.3 Å². The van der Waals surface area contributed by atoms with Gasteiger partial charge in [0.1, 0.15) is 0 Å². The fourth-order valence-electron chi connectivity index (χ4n) is 1.93. The number of guanidine groups is 1. The van der Waals surface area contributed by atoms with Crippen molar-refractivity contribution in [3.05, 3.63) is 0 Å². The van der Waals surface area contributed by atoms with E-state index in [2.05, 4.69) is 29.2 Å². The van der Waals surface area contributed by atoms with E-state index in [1.807, 2.05) is 18.7 Å². The van der Waals surface area contributed by atoms with Crippen LogP contribution in [0.1, 0.15) is 27.2 Å². The van der Waals surface area contributed by atoms with Crippen molar-refractivity contribution in [2.75, 3.05) is 32.6 Å². The Kier molecular flexibility index (Phi) is 6.25. The molecule has 0 aromatic rings. The summed E-state index contributed by atoms with van der Waals surface area (Å²) in [5.41, 5.74) is 2.73. The van der Waals surface area contributed by atoms with Gasteiger partial charge in [0.15, 0.2) is 0 Å². The van der Waals surface area contributed by atoms with E-state index in [1.54, 1.807) is 7.11 Å². The summed E-state index contributed by atoms with van der Waals surface area (Å²) in [4.78, 5) is 6.80. The number of hydrogen-bond donors (Lipinski definition) is 2. The lowest BCUT2D eigenvalue weighted by molar-refractivity contribution is 0.185. The Labute approximate surface area is 114 Å². The van der Waals surface area contributed by atoms with E-state index in [0.29, 0.717) is 11.4 Å². The Bertz CT molecular complexity index is 283. The highest BCUT2D eigenvalue weighted by Gasteiger charge is 2.25. The molecule has 0 amide bonds. The number of hydrazine groups is 1. The molecule has 1 atom stereocenters. The SMILES string of the molecule is COCC(C)N=C(NN)N1CCSC(C)(C)CC1. The summed E-state index contributed by atoms with van der Waals surface area (Å²) in [7, 11) is 1.69. The lowest BCUT2D eigenvalue weighted by atomic mass is 10.1. The highest BCUT2D eigenvalue weighted by atomic mass is 32.2. The number of ether oxygens (including phenoxy) is 1. The zero-order chi connectivity index (χ0) is 13.6. The van der Waals surface area contributed by atoms with Gasteiger partial charge in [-0.2, -0.15) is 11.8 Å². The number of nitrogens with two attached hydrogens (primary N) is 1. The van der Waals surface area contributed by atoms with Crippen LogP contribution in [-0.4, -0.2) is 54.2 Å². The summed E-state index contributed by atoms with van der Waals surface area (Å²) < 4.78 is 5.44. The maximum atomic E-state index is 5.60. The largest absolute Gasteiger partial charge is 0.382 e. The molecular formula is C12H26N4OS. The average Bonchev–Trinajstić information content (AvgIpc) is 2.48. The van der Waals surface area contributed by atoms with Crippen LogP contribution < -0.4 is 11.3 Å². The van der Waals surface area contributed by atoms with Gasteiger partial charge in [0.25, 0.3) is 0 Å². The van der Waals surface area contributed by atoms with Crippen molar-refractivity contribution >= 4 is 17.7 Å². The maximum Gasteiger partial charge on any atom is 0.208 e. The first kappa shape index (κ1) is 15.6. The second-order valence-corrected chi connectivity index (χ2v) is 7.05. The zero-order valence-electron chi connectivity index (χ0n) is 11.9. The van der Waals surface area contributed by atoms with Crippen molar-refractivity contribution in [3.63, 3.8) is 0 Å². The van der Waals surface area contributed by atoms with Gasteiger partial charge < -0.3 is 9.64 Å². The zero-order valence-corrected chi connectivity index (χ0v) is 12.7. The molecule has 5 nitrogen and oxygen atoms in total. The highest BCUT2D eigenvalue weighted by Crippen LogP contribution is 2.30. The first-order valence-electron chi connectivity index (χ1n) is 6.41. The van der Waals surface area contributed by atoms with Crippen LogP contribution in [-0.2, 0) is 4.74 Å².